The smallest absolute Gasteiger partial charge is 0.319 e. The molecule has 3 heterocycles. The maximum Gasteiger partial charge on any atom is 0.319 e. The molecule has 2 saturated heterocycles. The van der Waals surface area contributed by atoms with Crippen LogP contribution in [0.2, 0.25) is 10.0 Å². The van der Waals surface area contributed by atoms with Crippen molar-refractivity contribution < 1.29 is 29.0 Å². The summed E-state index contributed by atoms with van der Waals surface area (Å²) in [7, 11) is 5.96. The van der Waals surface area contributed by atoms with Crippen molar-refractivity contribution >= 4 is 59.4 Å². The van der Waals surface area contributed by atoms with E-state index in [9.17, 15) is 24.3 Å². The predicted octanol–water partition coefficient (Wildman–Crippen LogP) is 6.39. The average molecular weight is 946 g/mol. The fraction of sp³-hybridized carbons (Fsp3) is 0.354. The molecule has 2 bridgehead atoms. The van der Waals surface area contributed by atoms with Crippen LogP contribution in [0.25, 0.3) is 11.3 Å². The maximum atomic E-state index is 14.8. The van der Waals surface area contributed by atoms with Crippen LogP contribution in [-0.4, -0.2) is 111 Å². The second-order valence-electron chi connectivity index (χ2n) is 16.9. The molecule has 0 saturated carbocycles. The molecular weight excluding hydrogens is 891 g/mol. The predicted molar refractivity (Wildman–Crippen MR) is 253 cm³/mol. The Labute approximate surface area is 395 Å². The van der Waals surface area contributed by atoms with E-state index >= 15 is 0 Å². The van der Waals surface area contributed by atoms with Crippen LogP contribution >= 0.6 is 35.6 Å². The summed E-state index contributed by atoms with van der Waals surface area (Å²) >= 11 is 12.7. The van der Waals surface area contributed by atoms with E-state index in [-0.39, 0.29) is 37.8 Å². The van der Waals surface area contributed by atoms with E-state index in [1.807, 2.05) is 98.6 Å². The monoisotopic (exact) mass is 944 g/mol. The highest BCUT2D eigenvalue weighted by molar-refractivity contribution is 6.31. The number of piperidine rings is 1. The molecule has 0 unspecified atom stereocenters. The molecule has 65 heavy (non-hydrogen) atoms. The highest BCUT2D eigenvalue weighted by Gasteiger charge is 2.43. The van der Waals surface area contributed by atoms with Crippen LogP contribution in [0.4, 0.5) is 4.79 Å². The van der Waals surface area contributed by atoms with Gasteiger partial charge in [0, 0.05) is 47.7 Å². The lowest BCUT2D eigenvalue weighted by atomic mass is 9.82. The third-order valence-corrected chi connectivity index (χ3v) is 12.3. The Balaban J connectivity index is 0.00000700. The van der Waals surface area contributed by atoms with Gasteiger partial charge in [-0.25, -0.2) is 9.78 Å². The number of aromatic nitrogens is 2. The number of nitrogens with one attached hydrogen (secondary N) is 3. The molecular formula is C48H55Cl3N8O6. The third-order valence-electron chi connectivity index (χ3n) is 11.8. The lowest BCUT2D eigenvalue weighted by Gasteiger charge is -2.45. The van der Waals surface area contributed by atoms with Gasteiger partial charge in [-0.3, -0.25) is 14.4 Å². The minimum absolute atomic E-state index is 0. The van der Waals surface area contributed by atoms with Crippen molar-refractivity contribution in [2.45, 2.75) is 69.4 Å². The SMILES string of the molecule is C[C@H]1C(=O)N[C@@H](CO)C(=O)N[C@@]2(Cc3ccc(Cl)cc3)CCCN(C2)C(=O)[C@H](Cc2ccccc2)NC(=O)N1Cc1ccc(Cl)cc1Oc1ccc(-c2cnc(CN(C)C)n2C)cc1.Cl. The lowest BCUT2D eigenvalue weighted by Crippen LogP contribution is -2.67. The second kappa shape index (κ2) is 21.6. The van der Waals surface area contributed by atoms with Gasteiger partial charge >= 0.3 is 6.03 Å². The summed E-state index contributed by atoms with van der Waals surface area (Å²) < 4.78 is 8.46. The Morgan fingerprint density at radius 2 is 1.58 bits per heavy atom. The van der Waals surface area contributed by atoms with Crippen molar-refractivity contribution in [1.29, 1.82) is 0 Å². The van der Waals surface area contributed by atoms with Crippen LogP contribution in [0, 0.1) is 0 Å². The average Bonchev–Trinajstić information content (AvgIpc) is 3.63. The van der Waals surface area contributed by atoms with E-state index < -0.39 is 48.1 Å². The van der Waals surface area contributed by atoms with E-state index in [1.165, 1.54) is 11.8 Å². The number of ether oxygens (including phenoxy) is 1. The first-order valence-electron chi connectivity index (χ1n) is 21.3. The van der Waals surface area contributed by atoms with E-state index in [1.54, 1.807) is 35.2 Å². The number of halogens is 3. The van der Waals surface area contributed by atoms with Crippen molar-refractivity contribution in [2.24, 2.45) is 7.05 Å². The van der Waals surface area contributed by atoms with E-state index in [0.29, 0.717) is 59.5 Å². The normalized spacial score (nSPS) is 20.6. The number of amides is 5. The molecule has 7 rings (SSSR count). The van der Waals surface area contributed by atoms with E-state index in [4.69, 9.17) is 27.9 Å². The first-order valence-corrected chi connectivity index (χ1v) is 22.1. The van der Waals surface area contributed by atoms with E-state index in [0.717, 1.165) is 28.2 Å². The first-order chi connectivity index (χ1) is 30.7. The van der Waals surface area contributed by atoms with Crippen LogP contribution in [0.3, 0.4) is 0 Å². The van der Waals surface area contributed by atoms with Crippen molar-refractivity contribution in [1.82, 2.24) is 40.2 Å². The molecule has 2 aliphatic heterocycles. The number of hydrogen-bond acceptors (Lipinski definition) is 8. The molecule has 5 aromatic rings. The summed E-state index contributed by atoms with van der Waals surface area (Å²) in [4.78, 5) is 67.5. The van der Waals surface area contributed by atoms with Crippen molar-refractivity contribution in [3.8, 4) is 22.8 Å². The molecule has 344 valence electrons. The fourth-order valence-corrected chi connectivity index (χ4v) is 8.66. The molecule has 4 aromatic carbocycles. The van der Waals surface area contributed by atoms with Gasteiger partial charge in [0.25, 0.3) is 0 Å². The van der Waals surface area contributed by atoms with Crippen LogP contribution < -0.4 is 20.7 Å². The van der Waals surface area contributed by atoms with Crippen LogP contribution in [0.5, 0.6) is 11.5 Å². The van der Waals surface area contributed by atoms with Crippen molar-refractivity contribution in [3.05, 3.63) is 136 Å². The number of rotatable bonds is 12. The number of urea groups is 1. The summed E-state index contributed by atoms with van der Waals surface area (Å²) in [5, 5.41) is 20.3. The molecule has 4 atom stereocenters. The number of carbonyl (C=O) groups is 4. The zero-order valence-corrected chi connectivity index (χ0v) is 39.1. The minimum atomic E-state index is -1.36. The van der Waals surface area contributed by atoms with Gasteiger partial charge in [0.05, 0.1) is 37.1 Å². The van der Waals surface area contributed by atoms with Gasteiger partial charge in [-0.15, -0.1) is 12.4 Å². The minimum Gasteiger partial charge on any atom is -0.457 e. The number of imidazole rings is 1. The molecule has 2 fully saturated rings. The molecule has 2 aliphatic rings. The Hall–Kier alpha value is -5.64. The largest absolute Gasteiger partial charge is 0.457 e. The zero-order valence-electron chi connectivity index (χ0n) is 36.8. The number of aliphatic hydroxyl groups excluding tert-OH is 1. The highest BCUT2D eigenvalue weighted by atomic mass is 35.5. The Bertz CT molecular complexity index is 2450. The van der Waals surface area contributed by atoms with Crippen LogP contribution in [0.15, 0.2) is 103 Å². The van der Waals surface area contributed by atoms with Crippen LogP contribution in [-0.2, 0) is 47.4 Å². The summed E-state index contributed by atoms with van der Waals surface area (Å²) in [6.45, 7) is 1.87. The number of carbonyl (C=O) groups excluding carboxylic acids is 4. The number of benzene rings is 4. The van der Waals surface area contributed by atoms with Gasteiger partial charge in [0.2, 0.25) is 17.7 Å². The van der Waals surface area contributed by atoms with Gasteiger partial charge in [-0.2, -0.15) is 0 Å². The molecule has 17 heteroatoms. The molecule has 14 nitrogen and oxygen atoms in total. The Morgan fingerprint density at radius 1 is 0.877 bits per heavy atom. The van der Waals surface area contributed by atoms with Gasteiger partial charge < -0.3 is 45.1 Å². The van der Waals surface area contributed by atoms with Crippen molar-refractivity contribution in [3.63, 3.8) is 0 Å². The summed E-state index contributed by atoms with van der Waals surface area (Å²) in [5.41, 5.74) is 3.13. The van der Waals surface area contributed by atoms with Gasteiger partial charge in [-0.05, 0) is 99.9 Å². The number of fused-ring (bicyclic) bond motifs is 2. The molecule has 0 spiro atoms. The molecule has 0 radical (unpaired) electrons. The second-order valence-corrected chi connectivity index (χ2v) is 17.8. The molecule has 1 aromatic heterocycles. The topological polar surface area (TPSA) is 161 Å². The number of aliphatic hydroxyl groups is 1. The van der Waals surface area contributed by atoms with Crippen molar-refractivity contribution in [2.75, 3.05) is 33.8 Å². The fourth-order valence-electron chi connectivity index (χ4n) is 8.37. The number of hydrogen-bond donors (Lipinski definition) is 4. The summed E-state index contributed by atoms with van der Waals surface area (Å²) in [5.74, 6) is 0.117. The number of nitrogens with zero attached hydrogens (tertiary/aromatic N) is 5. The van der Waals surface area contributed by atoms with Gasteiger partial charge in [0.15, 0.2) is 0 Å². The van der Waals surface area contributed by atoms with Crippen LogP contribution in [0.1, 0.15) is 42.3 Å². The zero-order chi connectivity index (χ0) is 45.5. The summed E-state index contributed by atoms with van der Waals surface area (Å²) in [6, 6.07) is 24.9. The highest BCUT2D eigenvalue weighted by Crippen LogP contribution is 2.33. The molecule has 0 aliphatic carbocycles. The standard InChI is InChI=1S/C48H54Cl2N8O6.ClH/c1-31-44(60)52-40(29-59)45(61)54-48(25-33-11-16-36(49)17-12-33)21-8-22-57(30-48)46(62)39(23-32-9-6-5-7-10-32)53-47(63)58(31)27-35-13-18-37(50)24-42(35)64-38-19-14-34(15-20-38)41-26-51-43(56(41)4)28-55(2)3;/h5-7,9-20,24,26,31,39-40,59H,8,21-23,25,27-30H2,1-4H3,(H,52,60)(H,53,63)(H,54,61);1H/t31-,39-,40-,48+;/m0./s1. The Morgan fingerprint density at radius 3 is 2.28 bits per heavy atom. The van der Waals surface area contributed by atoms with Gasteiger partial charge in [-0.1, -0.05) is 71.7 Å². The quantitative estimate of drug-likeness (QED) is 0.112. The lowest BCUT2D eigenvalue weighted by molar-refractivity contribution is -0.138. The van der Waals surface area contributed by atoms with Gasteiger partial charge in [0.1, 0.15) is 35.4 Å². The first kappa shape index (κ1) is 48.8. The van der Waals surface area contributed by atoms with E-state index in [2.05, 4.69) is 25.8 Å². The third kappa shape index (κ3) is 12.0. The maximum absolute atomic E-state index is 14.8. The molecule has 5 amide bonds. The summed E-state index contributed by atoms with van der Waals surface area (Å²) in [6.07, 6.45) is 3.43. The molecule has 4 N–H and O–H groups in total. The Kier molecular flexibility index (Phi) is 16.2.